The smallest absolute Gasteiger partial charge is 0.106 e. The predicted octanol–water partition coefficient (Wildman–Crippen LogP) is 3.62. The van der Waals surface area contributed by atoms with Crippen molar-refractivity contribution >= 4 is 22.9 Å². The molecule has 0 saturated heterocycles. The Labute approximate surface area is 110 Å². The molecule has 0 aromatic heterocycles. The maximum atomic E-state index is 5.77. The lowest BCUT2D eigenvalue weighted by atomic mass is 10.1. The maximum absolute atomic E-state index is 5.77. The Morgan fingerprint density at radius 2 is 2.12 bits per heavy atom. The molecule has 1 aromatic rings. The molecule has 0 aliphatic heterocycles. The summed E-state index contributed by atoms with van der Waals surface area (Å²) in [4.78, 5) is 0.461. The lowest BCUT2D eigenvalue weighted by Crippen LogP contribution is -2.21. The highest BCUT2D eigenvalue weighted by Gasteiger charge is 2.10. The summed E-state index contributed by atoms with van der Waals surface area (Å²) >= 11 is 5.10. The van der Waals surface area contributed by atoms with Crippen LogP contribution in [0, 0.1) is 6.92 Å². The van der Waals surface area contributed by atoms with Gasteiger partial charge in [-0.05, 0) is 31.9 Å². The van der Waals surface area contributed by atoms with E-state index in [2.05, 4.69) is 38.2 Å². The molecule has 0 radical (unpaired) electrons. The van der Waals surface area contributed by atoms with Gasteiger partial charge >= 0.3 is 0 Å². The highest BCUT2D eigenvalue weighted by atomic mass is 32.1. The quantitative estimate of drug-likeness (QED) is 0.757. The number of nitrogens with two attached hydrogens (primary N) is 1. The number of thiocarbonyl (C=S) groups is 1. The van der Waals surface area contributed by atoms with Crippen LogP contribution in [0.1, 0.15) is 44.2 Å². The van der Waals surface area contributed by atoms with Crippen molar-refractivity contribution in [2.75, 3.05) is 5.32 Å². The molecule has 0 aliphatic rings. The van der Waals surface area contributed by atoms with Crippen molar-refractivity contribution in [3.05, 3.63) is 29.3 Å². The van der Waals surface area contributed by atoms with Gasteiger partial charge in [0.2, 0.25) is 0 Å². The first-order chi connectivity index (χ1) is 8.08. The largest absolute Gasteiger partial charge is 0.389 e. The molecule has 1 atom stereocenters. The van der Waals surface area contributed by atoms with Crippen LogP contribution in [0.2, 0.25) is 0 Å². The molecule has 1 rings (SSSR count). The lowest BCUT2D eigenvalue weighted by molar-refractivity contribution is 0.623. The first-order valence-corrected chi connectivity index (χ1v) is 6.66. The SMILES string of the molecule is CCCC(CC)Nc1ccc(C)cc1C(N)=S. The summed E-state index contributed by atoms with van der Waals surface area (Å²) in [6.45, 7) is 6.45. The second kappa shape index (κ2) is 6.60. The number of hydrogen-bond donors (Lipinski definition) is 2. The molecule has 1 aromatic carbocycles. The molecular weight excluding hydrogens is 228 g/mol. The van der Waals surface area contributed by atoms with Crippen molar-refractivity contribution in [3.63, 3.8) is 0 Å². The van der Waals surface area contributed by atoms with E-state index >= 15 is 0 Å². The van der Waals surface area contributed by atoms with Gasteiger partial charge in [0.05, 0.1) is 0 Å². The van der Waals surface area contributed by atoms with Crippen LogP contribution in [-0.4, -0.2) is 11.0 Å². The molecule has 94 valence electrons. The highest BCUT2D eigenvalue weighted by Crippen LogP contribution is 2.20. The van der Waals surface area contributed by atoms with E-state index < -0.39 is 0 Å². The molecule has 0 heterocycles. The molecule has 2 nitrogen and oxygen atoms in total. The molecule has 1 unspecified atom stereocenters. The normalized spacial score (nSPS) is 12.2. The summed E-state index contributed by atoms with van der Waals surface area (Å²) in [6, 6.07) is 6.70. The molecule has 3 heteroatoms. The minimum absolute atomic E-state index is 0.461. The summed E-state index contributed by atoms with van der Waals surface area (Å²) < 4.78 is 0. The van der Waals surface area contributed by atoms with Crippen LogP contribution in [0.15, 0.2) is 18.2 Å². The van der Waals surface area contributed by atoms with Crippen molar-refractivity contribution < 1.29 is 0 Å². The van der Waals surface area contributed by atoms with Crippen LogP contribution in [0.3, 0.4) is 0 Å². The number of benzene rings is 1. The van der Waals surface area contributed by atoms with E-state index in [0.29, 0.717) is 11.0 Å². The van der Waals surface area contributed by atoms with E-state index in [1.54, 1.807) is 0 Å². The molecule has 0 saturated carbocycles. The molecule has 0 spiro atoms. The summed E-state index contributed by atoms with van der Waals surface area (Å²) in [5, 5.41) is 3.54. The Morgan fingerprint density at radius 3 is 2.65 bits per heavy atom. The minimum atomic E-state index is 0.461. The van der Waals surface area contributed by atoms with E-state index in [1.807, 2.05) is 6.07 Å². The number of hydrogen-bond acceptors (Lipinski definition) is 2. The molecule has 0 fully saturated rings. The third-order valence-electron chi connectivity index (χ3n) is 2.93. The summed E-state index contributed by atoms with van der Waals surface area (Å²) in [5.41, 5.74) is 8.96. The summed E-state index contributed by atoms with van der Waals surface area (Å²) in [7, 11) is 0. The van der Waals surface area contributed by atoms with Crippen LogP contribution >= 0.6 is 12.2 Å². The second-order valence-electron chi connectivity index (χ2n) is 4.45. The van der Waals surface area contributed by atoms with Crippen LogP contribution in [0.5, 0.6) is 0 Å². The fourth-order valence-corrected chi connectivity index (χ4v) is 2.10. The average molecular weight is 250 g/mol. The fourth-order valence-electron chi connectivity index (χ4n) is 1.93. The second-order valence-corrected chi connectivity index (χ2v) is 4.89. The Hall–Kier alpha value is -1.09. The van der Waals surface area contributed by atoms with E-state index in [-0.39, 0.29) is 0 Å². The van der Waals surface area contributed by atoms with Gasteiger partial charge in [0.15, 0.2) is 0 Å². The number of aryl methyl sites for hydroxylation is 1. The highest BCUT2D eigenvalue weighted by molar-refractivity contribution is 7.80. The Kier molecular flexibility index (Phi) is 5.42. The maximum Gasteiger partial charge on any atom is 0.106 e. The van der Waals surface area contributed by atoms with E-state index in [9.17, 15) is 0 Å². The monoisotopic (exact) mass is 250 g/mol. The van der Waals surface area contributed by atoms with Crippen molar-refractivity contribution in [3.8, 4) is 0 Å². The third kappa shape index (κ3) is 4.00. The third-order valence-corrected chi connectivity index (χ3v) is 3.15. The predicted molar refractivity (Wildman–Crippen MR) is 79.7 cm³/mol. The van der Waals surface area contributed by atoms with Crippen LogP contribution < -0.4 is 11.1 Å². The van der Waals surface area contributed by atoms with Gasteiger partial charge in [0.25, 0.3) is 0 Å². The van der Waals surface area contributed by atoms with Crippen LogP contribution in [-0.2, 0) is 0 Å². The standard InChI is InChI=1S/C14H22N2S/c1-4-6-11(5-2)16-13-8-7-10(3)9-12(13)14(15)17/h7-9,11,16H,4-6H2,1-3H3,(H2,15,17). The van der Waals surface area contributed by atoms with Crippen LogP contribution in [0.4, 0.5) is 5.69 Å². The lowest BCUT2D eigenvalue weighted by Gasteiger charge is -2.20. The fraction of sp³-hybridized carbons (Fsp3) is 0.500. The average Bonchev–Trinajstić information content (AvgIpc) is 2.30. The van der Waals surface area contributed by atoms with E-state index in [0.717, 1.165) is 17.7 Å². The van der Waals surface area contributed by atoms with Crippen LogP contribution in [0.25, 0.3) is 0 Å². The minimum Gasteiger partial charge on any atom is -0.389 e. The van der Waals surface area contributed by atoms with E-state index in [1.165, 1.54) is 18.4 Å². The van der Waals surface area contributed by atoms with Gasteiger partial charge in [-0.3, -0.25) is 0 Å². The molecule has 0 aliphatic carbocycles. The zero-order valence-electron chi connectivity index (χ0n) is 10.9. The molecule has 3 N–H and O–H groups in total. The number of nitrogens with one attached hydrogen (secondary N) is 1. The van der Waals surface area contributed by atoms with Gasteiger partial charge < -0.3 is 11.1 Å². The van der Waals surface area contributed by atoms with Crippen molar-refractivity contribution in [1.29, 1.82) is 0 Å². The van der Waals surface area contributed by atoms with Gasteiger partial charge in [-0.2, -0.15) is 0 Å². The van der Waals surface area contributed by atoms with Gasteiger partial charge in [-0.1, -0.05) is 44.1 Å². The van der Waals surface area contributed by atoms with Crippen molar-refractivity contribution in [1.82, 2.24) is 0 Å². The first kappa shape index (κ1) is 14.0. The van der Waals surface area contributed by atoms with Gasteiger partial charge in [0.1, 0.15) is 4.99 Å². The van der Waals surface area contributed by atoms with Crippen molar-refractivity contribution in [2.24, 2.45) is 5.73 Å². The van der Waals surface area contributed by atoms with Gasteiger partial charge in [-0.25, -0.2) is 0 Å². The Morgan fingerprint density at radius 1 is 1.41 bits per heavy atom. The van der Waals surface area contributed by atoms with Crippen molar-refractivity contribution in [2.45, 2.75) is 46.1 Å². The molecule has 0 amide bonds. The van der Waals surface area contributed by atoms with Gasteiger partial charge in [0, 0.05) is 17.3 Å². The number of anilines is 1. The molecular formula is C14H22N2S. The molecule has 0 bridgehead atoms. The Bertz CT molecular complexity index is 388. The molecule has 17 heavy (non-hydrogen) atoms. The summed E-state index contributed by atoms with van der Waals surface area (Å²) in [5.74, 6) is 0. The number of rotatable bonds is 6. The first-order valence-electron chi connectivity index (χ1n) is 6.25. The zero-order chi connectivity index (χ0) is 12.8. The van der Waals surface area contributed by atoms with Gasteiger partial charge in [-0.15, -0.1) is 0 Å². The Balaban J connectivity index is 2.92. The van der Waals surface area contributed by atoms with E-state index in [4.69, 9.17) is 18.0 Å². The zero-order valence-corrected chi connectivity index (χ0v) is 11.7. The summed E-state index contributed by atoms with van der Waals surface area (Å²) in [6.07, 6.45) is 3.46. The topological polar surface area (TPSA) is 38.0 Å².